The van der Waals surface area contributed by atoms with E-state index in [9.17, 15) is 32.3 Å². The van der Waals surface area contributed by atoms with Gasteiger partial charge in [0.05, 0.1) is 10.6 Å². The number of anilines is 1. The van der Waals surface area contributed by atoms with Crippen LogP contribution in [0, 0.1) is 18.7 Å². The van der Waals surface area contributed by atoms with Crippen molar-refractivity contribution in [3.8, 4) is 0 Å². The SMILES string of the molecule is CNC(=O)C1(NC(=O)C(=O)c2c(C)c(C(=O)Nc3ccc(F)c(Cl)c3)n3c2[C@H]2C[C@H]2C3)CC(F)(F)C1. The zero-order chi connectivity index (χ0) is 26.2. The number of halogens is 4. The third-order valence-corrected chi connectivity index (χ3v) is 7.49. The maximum Gasteiger partial charge on any atom is 0.293 e. The first-order valence-corrected chi connectivity index (χ1v) is 11.7. The number of benzene rings is 1. The summed E-state index contributed by atoms with van der Waals surface area (Å²) >= 11 is 5.80. The van der Waals surface area contributed by atoms with Gasteiger partial charge in [0, 0.05) is 43.7 Å². The Hall–Kier alpha value is -3.34. The molecule has 0 radical (unpaired) electrons. The van der Waals surface area contributed by atoms with E-state index in [0.29, 0.717) is 12.2 Å². The summed E-state index contributed by atoms with van der Waals surface area (Å²) in [6.07, 6.45) is -1.03. The molecule has 2 fully saturated rings. The Morgan fingerprint density at radius 2 is 1.86 bits per heavy atom. The molecule has 8 nitrogen and oxygen atoms in total. The minimum atomic E-state index is -3.13. The van der Waals surface area contributed by atoms with Gasteiger partial charge in [-0.15, -0.1) is 0 Å². The van der Waals surface area contributed by atoms with Crippen molar-refractivity contribution in [2.75, 3.05) is 12.4 Å². The average molecular weight is 523 g/mol. The van der Waals surface area contributed by atoms with Crippen LogP contribution in [-0.2, 0) is 16.1 Å². The molecule has 2 aliphatic carbocycles. The Balaban J connectivity index is 1.45. The van der Waals surface area contributed by atoms with Crippen LogP contribution < -0.4 is 16.0 Å². The molecular weight excluding hydrogens is 501 g/mol. The van der Waals surface area contributed by atoms with Crippen LogP contribution in [0.1, 0.15) is 57.3 Å². The van der Waals surface area contributed by atoms with Crippen molar-refractivity contribution in [3.05, 3.63) is 51.6 Å². The summed E-state index contributed by atoms with van der Waals surface area (Å²) in [6, 6.07) is 3.70. The van der Waals surface area contributed by atoms with Crippen molar-refractivity contribution in [1.29, 1.82) is 0 Å². The lowest BCUT2D eigenvalue weighted by Gasteiger charge is -2.45. The Kier molecular flexibility index (Phi) is 5.47. The zero-order valence-corrected chi connectivity index (χ0v) is 20.1. The number of alkyl halides is 2. The molecule has 1 aromatic carbocycles. The topological polar surface area (TPSA) is 109 Å². The van der Waals surface area contributed by atoms with Crippen LogP contribution in [0.3, 0.4) is 0 Å². The number of carbonyl (C=O) groups excluding carboxylic acids is 4. The number of rotatable bonds is 6. The molecule has 3 amide bonds. The maximum absolute atomic E-state index is 13.6. The molecule has 1 aromatic heterocycles. The van der Waals surface area contributed by atoms with Crippen molar-refractivity contribution >= 4 is 40.8 Å². The predicted molar refractivity (Wildman–Crippen MR) is 123 cm³/mol. The van der Waals surface area contributed by atoms with Gasteiger partial charge < -0.3 is 20.5 Å². The van der Waals surface area contributed by atoms with Gasteiger partial charge in [0.2, 0.25) is 5.91 Å². The van der Waals surface area contributed by atoms with Gasteiger partial charge in [-0.1, -0.05) is 11.6 Å². The lowest BCUT2D eigenvalue weighted by molar-refractivity contribution is -0.164. The third-order valence-electron chi connectivity index (χ3n) is 7.20. The Morgan fingerprint density at radius 1 is 1.17 bits per heavy atom. The van der Waals surface area contributed by atoms with E-state index in [1.165, 1.54) is 26.1 Å². The van der Waals surface area contributed by atoms with Gasteiger partial charge in [-0.05, 0) is 43.0 Å². The molecule has 3 N–H and O–H groups in total. The molecule has 0 unspecified atom stereocenters. The summed E-state index contributed by atoms with van der Waals surface area (Å²) in [4.78, 5) is 51.7. The summed E-state index contributed by atoms with van der Waals surface area (Å²) in [6.45, 7) is 2.01. The fraction of sp³-hybridized carbons (Fsp3) is 0.417. The van der Waals surface area contributed by atoms with Gasteiger partial charge >= 0.3 is 0 Å². The molecule has 5 rings (SSSR count). The van der Waals surface area contributed by atoms with Gasteiger partial charge in [0.25, 0.3) is 23.5 Å². The molecule has 2 atom stereocenters. The third kappa shape index (κ3) is 3.76. The lowest BCUT2D eigenvalue weighted by Crippen LogP contribution is -2.69. The molecule has 190 valence electrons. The predicted octanol–water partition coefficient (Wildman–Crippen LogP) is 3.17. The molecular formula is C24H22ClF3N4O4. The van der Waals surface area contributed by atoms with Crippen LogP contribution in [0.25, 0.3) is 0 Å². The number of hydrogen-bond acceptors (Lipinski definition) is 4. The first-order chi connectivity index (χ1) is 16.9. The first kappa shape index (κ1) is 24.4. The monoisotopic (exact) mass is 522 g/mol. The summed E-state index contributed by atoms with van der Waals surface area (Å²) in [7, 11) is 1.26. The maximum atomic E-state index is 13.6. The van der Waals surface area contributed by atoms with Crippen molar-refractivity contribution in [3.63, 3.8) is 0 Å². The number of nitrogens with one attached hydrogen (secondary N) is 3. The van der Waals surface area contributed by atoms with Crippen molar-refractivity contribution < 1.29 is 32.3 Å². The van der Waals surface area contributed by atoms with Gasteiger partial charge in [-0.25, -0.2) is 13.2 Å². The molecule has 0 saturated heterocycles. The van der Waals surface area contributed by atoms with Crippen LogP contribution >= 0.6 is 11.6 Å². The van der Waals surface area contributed by atoms with Crippen molar-refractivity contribution in [1.82, 2.24) is 15.2 Å². The highest BCUT2D eigenvalue weighted by Gasteiger charge is 2.62. The van der Waals surface area contributed by atoms with E-state index >= 15 is 0 Å². The normalized spacial score (nSPS) is 22.1. The number of Topliss-reactive ketones (excluding diaryl/α,β-unsaturated/α-hetero) is 1. The summed E-state index contributed by atoms with van der Waals surface area (Å²) in [5.74, 6) is -7.12. The van der Waals surface area contributed by atoms with E-state index in [1.54, 1.807) is 4.57 Å². The fourth-order valence-electron chi connectivity index (χ4n) is 5.47. The van der Waals surface area contributed by atoms with E-state index in [2.05, 4.69) is 16.0 Å². The molecule has 2 saturated carbocycles. The van der Waals surface area contributed by atoms with Crippen LogP contribution in [-0.4, -0.2) is 46.6 Å². The first-order valence-electron chi connectivity index (χ1n) is 11.3. The van der Waals surface area contributed by atoms with E-state index < -0.39 is 53.6 Å². The quantitative estimate of drug-likeness (QED) is 0.400. The standard InChI is InChI=1S/C24H22ClF3N4O4/c1-10-16(19(33)21(35)31-23(22(36)29-2)8-24(27,28)9-23)18-13-5-11(13)7-32(18)17(10)20(34)30-12-3-4-15(26)14(25)6-12/h3-4,6,11,13H,5,7-9H2,1-2H3,(H,29,36)(H,30,34)(H,31,35)/t11-,13-/m0/s1. The summed E-state index contributed by atoms with van der Waals surface area (Å²) in [5, 5.41) is 6.95. The zero-order valence-electron chi connectivity index (χ0n) is 19.3. The van der Waals surface area contributed by atoms with Gasteiger partial charge in [0.15, 0.2) is 0 Å². The van der Waals surface area contributed by atoms with E-state index in [-0.39, 0.29) is 39.4 Å². The molecule has 36 heavy (non-hydrogen) atoms. The second-order valence-corrected chi connectivity index (χ2v) is 10.1. The van der Waals surface area contributed by atoms with E-state index in [0.717, 1.165) is 12.5 Å². The molecule has 3 aliphatic rings. The number of ketones is 1. The van der Waals surface area contributed by atoms with Crippen LogP contribution in [0.5, 0.6) is 0 Å². The van der Waals surface area contributed by atoms with Crippen molar-refractivity contribution in [2.24, 2.45) is 5.92 Å². The highest BCUT2D eigenvalue weighted by Crippen LogP contribution is 2.56. The highest BCUT2D eigenvalue weighted by atomic mass is 35.5. The van der Waals surface area contributed by atoms with Crippen LogP contribution in [0.2, 0.25) is 5.02 Å². The van der Waals surface area contributed by atoms with Crippen LogP contribution in [0.15, 0.2) is 18.2 Å². The highest BCUT2D eigenvalue weighted by molar-refractivity contribution is 6.44. The van der Waals surface area contributed by atoms with Gasteiger partial charge in [0.1, 0.15) is 17.1 Å². The second-order valence-electron chi connectivity index (χ2n) is 9.68. The number of aromatic nitrogens is 1. The van der Waals surface area contributed by atoms with E-state index in [4.69, 9.17) is 11.6 Å². The number of likely N-dealkylation sites (N-methyl/N-ethyl adjacent to an activating group) is 1. The number of nitrogens with zero attached hydrogens (tertiary/aromatic N) is 1. The molecule has 0 spiro atoms. The average Bonchev–Trinajstić information content (AvgIpc) is 3.36. The van der Waals surface area contributed by atoms with Crippen molar-refractivity contribution in [2.45, 2.75) is 50.1 Å². The molecule has 2 aromatic rings. The van der Waals surface area contributed by atoms with Gasteiger partial charge in [-0.3, -0.25) is 19.2 Å². The Bertz CT molecular complexity index is 1350. The minimum absolute atomic E-state index is 0.00166. The molecule has 0 bridgehead atoms. The minimum Gasteiger partial charge on any atom is -0.357 e. The second kappa shape index (κ2) is 8.09. The number of fused-ring (bicyclic) bond motifs is 3. The van der Waals surface area contributed by atoms with Gasteiger partial charge in [-0.2, -0.15) is 0 Å². The Labute approximate surface area is 208 Å². The number of amides is 3. The largest absolute Gasteiger partial charge is 0.357 e. The smallest absolute Gasteiger partial charge is 0.293 e. The molecule has 2 heterocycles. The lowest BCUT2D eigenvalue weighted by atomic mass is 9.72. The number of carbonyl (C=O) groups is 4. The Morgan fingerprint density at radius 3 is 2.47 bits per heavy atom. The molecule has 1 aliphatic heterocycles. The van der Waals surface area contributed by atoms with Crippen LogP contribution in [0.4, 0.5) is 18.9 Å². The van der Waals surface area contributed by atoms with E-state index in [1.807, 2.05) is 0 Å². The summed E-state index contributed by atoms with van der Waals surface area (Å²) < 4.78 is 42.4. The summed E-state index contributed by atoms with van der Waals surface area (Å²) in [5.41, 5.74) is -0.620. The fourth-order valence-corrected chi connectivity index (χ4v) is 5.65. The molecule has 12 heteroatoms. The number of hydrogen-bond donors (Lipinski definition) is 3.